The van der Waals surface area contributed by atoms with Crippen molar-refractivity contribution in [2.75, 3.05) is 7.05 Å². The van der Waals surface area contributed by atoms with Crippen LogP contribution in [0.4, 0.5) is 0 Å². The first-order valence-corrected chi connectivity index (χ1v) is 6.68. The quantitative estimate of drug-likeness (QED) is 0.880. The third-order valence-corrected chi connectivity index (χ3v) is 3.06. The highest BCUT2D eigenvalue weighted by atomic mass is 35.5. The molecule has 0 bridgehead atoms. The number of aromatic amines is 1. The number of aromatic nitrogens is 2. The molecule has 0 atom stereocenters. The summed E-state index contributed by atoms with van der Waals surface area (Å²) in [5.74, 6) is 0.609. The fraction of sp³-hybridized carbons (Fsp3) is 0.143. The number of carbonyl (C=O) groups is 1. The van der Waals surface area contributed by atoms with Gasteiger partial charge in [0.05, 0.1) is 6.54 Å². The van der Waals surface area contributed by atoms with Gasteiger partial charge in [0, 0.05) is 35.6 Å². The van der Waals surface area contributed by atoms with Crippen molar-refractivity contribution < 1.29 is 4.79 Å². The van der Waals surface area contributed by atoms with E-state index in [1.807, 2.05) is 0 Å². The van der Waals surface area contributed by atoms with Crippen molar-refractivity contribution in [3.63, 3.8) is 0 Å². The van der Waals surface area contributed by atoms with Gasteiger partial charge in [0.15, 0.2) is 0 Å². The van der Waals surface area contributed by atoms with Gasteiger partial charge in [-0.2, -0.15) is 0 Å². The molecule has 0 aliphatic heterocycles. The van der Waals surface area contributed by atoms with Crippen molar-refractivity contribution in [2.24, 2.45) is 0 Å². The molecule has 0 spiro atoms. The molecule has 0 radical (unpaired) electrons. The Hall–Kier alpha value is -1.78. The van der Waals surface area contributed by atoms with Crippen LogP contribution in [-0.4, -0.2) is 27.8 Å². The van der Waals surface area contributed by atoms with Gasteiger partial charge in [-0.1, -0.05) is 23.2 Å². The molecule has 1 N–H and O–H groups in total. The van der Waals surface area contributed by atoms with E-state index in [2.05, 4.69) is 9.97 Å². The van der Waals surface area contributed by atoms with Crippen molar-refractivity contribution in [1.29, 1.82) is 0 Å². The highest BCUT2D eigenvalue weighted by Gasteiger charge is 2.07. The van der Waals surface area contributed by atoms with Crippen molar-refractivity contribution >= 4 is 35.2 Å². The van der Waals surface area contributed by atoms with E-state index in [1.54, 1.807) is 48.6 Å². The predicted octanol–water partition coefficient (Wildman–Crippen LogP) is 3.39. The Morgan fingerprint density at radius 2 is 2.05 bits per heavy atom. The standard InChI is InChI=1S/C14H13Cl2N3O/c1-19(9-13-17-4-5-18-13)14(20)3-2-10-6-11(15)8-12(16)7-10/h2-8H,9H2,1H3,(H,17,18). The second-order valence-electron chi connectivity index (χ2n) is 4.27. The smallest absolute Gasteiger partial charge is 0.246 e. The van der Waals surface area contributed by atoms with Crippen LogP contribution in [0.15, 0.2) is 36.7 Å². The highest BCUT2D eigenvalue weighted by molar-refractivity contribution is 6.34. The van der Waals surface area contributed by atoms with Crippen LogP contribution in [0.25, 0.3) is 6.08 Å². The lowest BCUT2D eigenvalue weighted by Gasteiger charge is -2.12. The minimum Gasteiger partial charge on any atom is -0.347 e. The van der Waals surface area contributed by atoms with Crippen LogP contribution in [0.3, 0.4) is 0 Å². The molecule has 1 amide bonds. The van der Waals surface area contributed by atoms with Crippen LogP contribution >= 0.6 is 23.2 Å². The topological polar surface area (TPSA) is 49.0 Å². The normalized spacial score (nSPS) is 10.9. The summed E-state index contributed by atoms with van der Waals surface area (Å²) in [6.45, 7) is 0.423. The monoisotopic (exact) mass is 309 g/mol. The molecule has 4 nitrogen and oxygen atoms in total. The van der Waals surface area contributed by atoms with Gasteiger partial charge < -0.3 is 9.88 Å². The Morgan fingerprint density at radius 1 is 1.35 bits per heavy atom. The van der Waals surface area contributed by atoms with E-state index in [0.29, 0.717) is 16.6 Å². The molecule has 1 heterocycles. The van der Waals surface area contributed by atoms with Crippen molar-refractivity contribution in [2.45, 2.75) is 6.54 Å². The maximum Gasteiger partial charge on any atom is 0.246 e. The summed E-state index contributed by atoms with van der Waals surface area (Å²) in [7, 11) is 1.71. The number of amides is 1. The summed E-state index contributed by atoms with van der Waals surface area (Å²) in [6, 6.07) is 5.12. The van der Waals surface area contributed by atoms with Gasteiger partial charge in [0.2, 0.25) is 5.91 Å². The number of rotatable bonds is 4. The summed E-state index contributed by atoms with van der Waals surface area (Å²) in [5, 5.41) is 1.07. The molecule has 0 aliphatic carbocycles. The molecule has 0 saturated heterocycles. The number of halogens is 2. The summed E-state index contributed by atoms with van der Waals surface area (Å²) >= 11 is 11.8. The molecule has 20 heavy (non-hydrogen) atoms. The fourth-order valence-corrected chi connectivity index (χ4v) is 2.20. The van der Waals surface area contributed by atoms with Gasteiger partial charge >= 0.3 is 0 Å². The highest BCUT2D eigenvalue weighted by Crippen LogP contribution is 2.19. The van der Waals surface area contributed by atoms with E-state index < -0.39 is 0 Å². The van der Waals surface area contributed by atoms with Gasteiger partial charge in [-0.15, -0.1) is 0 Å². The fourth-order valence-electron chi connectivity index (χ4n) is 1.65. The molecule has 0 fully saturated rings. The van der Waals surface area contributed by atoms with E-state index in [0.717, 1.165) is 11.4 Å². The molecule has 2 aromatic rings. The Kier molecular flexibility index (Phi) is 4.82. The lowest BCUT2D eigenvalue weighted by atomic mass is 10.2. The molecule has 1 aromatic heterocycles. The summed E-state index contributed by atoms with van der Waals surface area (Å²) < 4.78 is 0. The van der Waals surface area contributed by atoms with Crippen LogP contribution in [0, 0.1) is 0 Å². The van der Waals surface area contributed by atoms with Gasteiger partial charge in [0.1, 0.15) is 5.82 Å². The van der Waals surface area contributed by atoms with E-state index in [9.17, 15) is 4.79 Å². The summed E-state index contributed by atoms with van der Waals surface area (Å²) in [4.78, 5) is 20.5. The number of benzene rings is 1. The molecule has 1 aromatic carbocycles. The molecule has 0 unspecified atom stereocenters. The van der Waals surface area contributed by atoms with Gasteiger partial charge in [-0.05, 0) is 29.8 Å². The van der Waals surface area contributed by atoms with Crippen LogP contribution < -0.4 is 0 Å². The maximum absolute atomic E-state index is 11.9. The Bertz CT molecular complexity index is 603. The molecule has 6 heteroatoms. The minimum atomic E-state index is -0.127. The SMILES string of the molecule is CN(Cc1ncc[nH]1)C(=O)C=Cc1cc(Cl)cc(Cl)c1. The number of carbonyl (C=O) groups excluding carboxylic acids is 1. The van der Waals surface area contributed by atoms with E-state index in [1.165, 1.54) is 6.08 Å². The number of nitrogens with zero attached hydrogens (tertiary/aromatic N) is 2. The van der Waals surface area contributed by atoms with Crippen LogP contribution in [0.5, 0.6) is 0 Å². The lowest BCUT2D eigenvalue weighted by molar-refractivity contribution is -0.125. The molecule has 0 aliphatic rings. The van der Waals surface area contributed by atoms with Gasteiger partial charge in [0.25, 0.3) is 0 Å². The number of imidazole rings is 1. The first-order chi connectivity index (χ1) is 9.54. The Morgan fingerprint density at radius 3 is 2.65 bits per heavy atom. The zero-order chi connectivity index (χ0) is 14.5. The molecule has 2 rings (SSSR count). The second kappa shape index (κ2) is 6.59. The van der Waals surface area contributed by atoms with Crippen LogP contribution in [0.1, 0.15) is 11.4 Å². The van der Waals surface area contributed by atoms with Gasteiger partial charge in [-0.25, -0.2) is 4.98 Å². The summed E-state index contributed by atoms with van der Waals surface area (Å²) in [5.41, 5.74) is 0.780. The molecular formula is C14H13Cl2N3O. The van der Waals surface area contributed by atoms with Crippen molar-refractivity contribution in [3.05, 3.63) is 58.1 Å². The van der Waals surface area contributed by atoms with E-state index >= 15 is 0 Å². The summed E-state index contributed by atoms with van der Waals surface area (Å²) in [6.07, 6.45) is 6.53. The first kappa shape index (κ1) is 14.6. The predicted molar refractivity (Wildman–Crippen MR) is 80.6 cm³/mol. The minimum absolute atomic E-state index is 0.127. The average Bonchev–Trinajstić information content (AvgIpc) is 2.87. The molecular weight excluding hydrogens is 297 g/mol. The number of likely N-dealkylation sites (N-methyl/N-ethyl adjacent to an activating group) is 1. The van der Waals surface area contributed by atoms with Crippen LogP contribution in [-0.2, 0) is 11.3 Å². The number of hydrogen-bond donors (Lipinski definition) is 1. The third kappa shape index (κ3) is 4.11. The first-order valence-electron chi connectivity index (χ1n) is 5.92. The molecule has 104 valence electrons. The van der Waals surface area contributed by atoms with Crippen molar-refractivity contribution in [3.8, 4) is 0 Å². The Labute approximate surface area is 127 Å². The number of nitrogens with one attached hydrogen (secondary N) is 1. The Balaban J connectivity index is 2.01. The lowest BCUT2D eigenvalue weighted by Crippen LogP contribution is -2.24. The average molecular weight is 310 g/mol. The van der Waals surface area contributed by atoms with Gasteiger partial charge in [-0.3, -0.25) is 4.79 Å². The third-order valence-electron chi connectivity index (χ3n) is 2.62. The molecule has 0 saturated carbocycles. The second-order valence-corrected chi connectivity index (χ2v) is 5.14. The zero-order valence-electron chi connectivity index (χ0n) is 10.8. The number of hydrogen-bond acceptors (Lipinski definition) is 2. The largest absolute Gasteiger partial charge is 0.347 e. The van der Waals surface area contributed by atoms with Crippen molar-refractivity contribution in [1.82, 2.24) is 14.9 Å². The number of H-pyrrole nitrogens is 1. The van der Waals surface area contributed by atoms with E-state index in [4.69, 9.17) is 23.2 Å². The zero-order valence-corrected chi connectivity index (χ0v) is 12.3. The van der Waals surface area contributed by atoms with Crippen LogP contribution in [0.2, 0.25) is 10.0 Å². The maximum atomic E-state index is 11.9. The van der Waals surface area contributed by atoms with E-state index in [-0.39, 0.29) is 5.91 Å².